The van der Waals surface area contributed by atoms with Crippen molar-refractivity contribution in [3.63, 3.8) is 0 Å². The van der Waals surface area contributed by atoms with Gasteiger partial charge in [0.25, 0.3) is 0 Å². The van der Waals surface area contributed by atoms with Crippen LogP contribution in [0.1, 0.15) is 0 Å². The van der Waals surface area contributed by atoms with E-state index in [0.717, 1.165) is 64.2 Å². The lowest BCUT2D eigenvalue weighted by Gasteiger charge is -2.29. The molecular formula is C25H22N6O. The van der Waals surface area contributed by atoms with Crippen molar-refractivity contribution >= 4 is 22.2 Å². The number of hydrogen-bond donors (Lipinski definition) is 1. The third-order valence-corrected chi connectivity index (χ3v) is 6.14. The van der Waals surface area contributed by atoms with E-state index in [2.05, 4.69) is 39.6 Å². The molecular weight excluding hydrogens is 400 g/mol. The zero-order valence-electron chi connectivity index (χ0n) is 17.5. The van der Waals surface area contributed by atoms with Crippen LogP contribution in [0, 0.1) is 5.21 Å². The number of piperazine rings is 1. The summed E-state index contributed by atoms with van der Waals surface area (Å²) in [6, 6.07) is 18.1. The van der Waals surface area contributed by atoms with Gasteiger partial charge < -0.3 is 15.4 Å². The molecule has 0 spiro atoms. The number of fused-ring (bicyclic) bond motifs is 2. The zero-order chi connectivity index (χ0) is 21.5. The van der Waals surface area contributed by atoms with Crippen LogP contribution in [0.2, 0.25) is 0 Å². The Morgan fingerprint density at radius 3 is 2.53 bits per heavy atom. The van der Waals surface area contributed by atoms with E-state index in [1.807, 2.05) is 53.4 Å². The van der Waals surface area contributed by atoms with Crippen LogP contribution in [0.15, 0.2) is 79.4 Å². The van der Waals surface area contributed by atoms with E-state index in [4.69, 9.17) is 4.98 Å². The molecule has 1 fully saturated rings. The first-order valence-electron chi connectivity index (χ1n) is 10.8. The number of hydrogen-bond acceptors (Lipinski definition) is 5. The Bertz CT molecular complexity index is 1420. The van der Waals surface area contributed by atoms with Gasteiger partial charge >= 0.3 is 0 Å². The van der Waals surface area contributed by atoms with Gasteiger partial charge in [-0.05, 0) is 23.8 Å². The van der Waals surface area contributed by atoms with Crippen LogP contribution < -0.4 is 14.9 Å². The summed E-state index contributed by atoms with van der Waals surface area (Å²) in [7, 11) is 0. The molecule has 6 rings (SSSR count). The first-order chi connectivity index (χ1) is 15.8. The van der Waals surface area contributed by atoms with Gasteiger partial charge in [0, 0.05) is 73.1 Å². The average molecular weight is 422 g/mol. The Morgan fingerprint density at radius 2 is 1.69 bits per heavy atom. The maximum atomic E-state index is 12.2. The molecule has 1 saturated heterocycles. The first kappa shape index (κ1) is 18.8. The molecule has 2 aromatic carbocycles. The number of nitrogens with one attached hydrogen (secondary N) is 1. The molecule has 0 radical (unpaired) electrons. The summed E-state index contributed by atoms with van der Waals surface area (Å²) in [6.07, 6.45) is 7.25. The van der Waals surface area contributed by atoms with Crippen LogP contribution in [0.3, 0.4) is 0 Å². The van der Waals surface area contributed by atoms with Crippen LogP contribution in [-0.2, 0) is 0 Å². The Labute approximate surface area is 185 Å². The van der Waals surface area contributed by atoms with Crippen LogP contribution >= 0.6 is 0 Å². The summed E-state index contributed by atoms with van der Waals surface area (Å²) in [5.41, 5.74) is 6.61. The van der Waals surface area contributed by atoms with Crippen molar-refractivity contribution in [2.45, 2.75) is 0 Å². The second kappa shape index (κ2) is 7.62. The average Bonchev–Trinajstić information content (AvgIpc) is 3.28. The molecule has 158 valence electrons. The van der Waals surface area contributed by atoms with E-state index in [9.17, 15) is 5.21 Å². The number of pyridine rings is 1. The monoisotopic (exact) mass is 422 g/mol. The molecule has 1 N–H and O–H groups in total. The van der Waals surface area contributed by atoms with Crippen molar-refractivity contribution in [2.75, 3.05) is 31.1 Å². The molecule has 1 aliphatic heterocycles. The molecule has 0 atom stereocenters. The highest BCUT2D eigenvalue weighted by atomic mass is 16.5. The molecule has 3 aromatic heterocycles. The van der Waals surface area contributed by atoms with E-state index in [0.29, 0.717) is 5.52 Å². The maximum absolute atomic E-state index is 12.2. The summed E-state index contributed by atoms with van der Waals surface area (Å²) >= 11 is 0. The summed E-state index contributed by atoms with van der Waals surface area (Å²) in [5, 5.41) is 21.0. The lowest BCUT2D eigenvalue weighted by atomic mass is 10.0. The molecule has 0 unspecified atom stereocenters. The van der Waals surface area contributed by atoms with Gasteiger partial charge in [0.2, 0.25) is 5.52 Å². The molecule has 0 bridgehead atoms. The number of benzene rings is 2. The fraction of sp³-hybridized carbons (Fsp3) is 0.160. The Morgan fingerprint density at radius 1 is 0.875 bits per heavy atom. The van der Waals surface area contributed by atoms with Gasteiger partial charge in [0.15, 0.2) is 11.8 Å². The Kier molecular flexibility index (Phi) is 4.47. The van der Waals surface area contributed by atoms with Gasteiger partial charge in [-0.1, -0.05) is 24.3 Å². The van der Waals surface area contributed by atoms with Gasteiger partial charge in [0.05, 0.1) is 11.6 Å². The highest BCUT2D eigenvalue weighted by Crippen LogP contribution is 2.30. The molecule has 1 aliphatic rings. The first-order valence-corrected chi connectivity index (χ1v) is 10.8. The molecule has 7 heteroatoms. The standard InChI is InChI=1S/C25H22N6O/c32-31-12-9-21(22-3-1-2-4-24(22)31)23-16-28-30-17-19(15-27-25(23)30)18-5-7-20(8-6-18)29-13-10-26-11-14-29/h1-9,12,15-17,26H,10-11,13-14H2. The topological polar surface area (TPSA) is 72.4 Å². The lowest BCUT2D eigenvalue weighted by Crippen LogP contribution is -2.43. The number of para-hydroxylation sites is 1. The summed E-state index contributed by atoms with van der Waals surface area (Å²) in [4.78, 5) is 7.13. The fourth-order valence-corrected chi connectivity index (χ4v) is 4.44. The molecule has 0 aliphatic carbocycles. The maximum Gasteiger partial charge on any atom is 0.224 e. The number of rotatable bonds is 3. The van der Waals surface area contributed by atoms with Crippen LogP contribution in [-0.4, -0.2) is 40.8 Å². The highest BCUT2D eigenvalue weighted by Gasteiger charge is 2.16. The van der Waals surface area contributed by atoms with Crippen LogP contribution in [0.25, 0.3) is 38.8 Å². The molecule has 5 aromatic rings. The predicted octanol–water partition coefficient (Wildman–Crippen LogP) is 3.26. The second-order valence-corrected chi connectivity index (χ2v) is 8.03. The van der Waals surface area contributed by atoms with Gasteiger partial charge in [-0.15, -0.1) is 0 Å². The summed E-state index contributed by atoms with van der Waals surface area (Å²) in [5.74, 6) is 0. The molecule has 4 heterocycles. The second-order valence-electron chi connectivity index (χ2n) is 8.03. The van der Waals surface area contributed by atoms with E-state index < -0.39 is 0 Å². The minimum atomic E-state index is 0.630. The normalized spacial score (nSPS) is 14.3. The highest BCUT2D eigenvalue weighted by molar-refractivity contribution is 5.96. The number of aromatic nitrogens is 4. The van der Waals surface area contributed by atoms with E-state index in [1.54, 1.807) is 0 Å². The van der Waals surface area contributed by atoms with Crippen molar-refractivity contribution in [2.24, 2.45) is 0 Å². The molecule has 0 amide bonds. The Hall–Kier alpha value is -3.97. The van der Waals surface area contributed by atoms with Gasteiger partial charge in [-0.25, -0.2) is 9.50 Å². The third kappa shape index (κ3) is 3.14. The van der Waals surface area contributed by atoms with Crippen molar-refractivity contribution in [3.05, 3.63) is 84.6 Å². The summed E-state index contributed by atoms with van der Waals surface area (Å²) in [6.45, 7) is 4.11. The van der Waals surface area contributed by atoms with E-state index >= 15 is 0 Å². The number of anilines is 1. The third-order valence-electron chi connectivity index (χ3n) is 6.14. The van der Waals surface area contributed by atoms with Gasteiger partial charge in [0.1, 0.15) is 0 Å². The Balaban J connectivity index is 1.36. The predicted molar refractivity (Wildman–Crippen MR) is 125 cm³/mol. The fourth-order valence-electron chi connectivity index (χ4n) is 4.44. The molecule has 0 saturated carbocycles. The number of nitrogens with zero attached hydrogens (tertiary/aromatic N) is 5. The largest absolute Gasteiger partial charge is 0.618 e. The van der Waals surface area contributed by atoms with E-state index in [1.165, 1.54) is 11.9 Å². The van der Waals surface area contributed by atoms with Crippen LogP contribution in [0.5, 0.6) is 0 Å². The van der Waals surface area contributed by atoms with Gasteiger partial charge in [-0.2, -0.15) is 9.83 Å². The molecule has 7 nitrogen and oxygen atoms in total. The SMILES string of the molecule is [O-][n+]1ccc(-c2cnn3cc(-c4ccc(N5CCNCC5)cc4)cnc23)c2ccccc21. The van der Waals surface area contributed by atoms with Crippen molar-refractivity contribution in [1.82, 2.24) is 19.9 Å². The van der Waals surface area contributed by atoms with Crippen molar-refractivity contribution < 1.29 is 4.73 Å². The van der Waals surface area contributed by atoms with Crippen molar-refractivity contribution in [3.8, 4) is 22.3 Å². The molecule has 32 heavy (non-hydrogen) atoms. The van der Waals surface area contributed by atoms with E-state index in [-0.39, 0.29) is 0 Å². The minimum absolute atomic E-state index is 0.630. The smallest absolute Gasteiger partial charge is 0.224 e. The van der Waals surface area contributed by atoms with Crippen LogP contribution in [0.4, 0.5) is 5.69 Å². The quantitative estimate of drug-likeness (QED) is 0.357. The van der Waals surface area contributed by atoms with Crippen molar-refractivity contribution in [1.29, 1.82) is 0 Å². The summed E-state index contributed by atoms with van der Waals surface area (Å²) < 4.78 is 2.70. The zero-order valence-corrected chi connectivity index (χ0v) is 17.5. The van der Waals surface area contributed by atoms with Gasteiger partial charge in [-0.3, -0.25) is 0 Å². The lowest BCUT2D eigenvalue weighted by molar-refractivity contribution is -0.576. The minimum Gasteiger partial charge on any atom is -0.618 e.